The number of nitrogens with zero attached hydrogens (tertiary/aromatic N) is 2. The Morgan fingerprint density at radius 2 is 1.75 bits per heavy atom. The maximum absolute atomic E-state index is 10.5. The minimum absolute atomic E-state index is 0.135. The summed E-state index contributed by atoms with van der Waals surface area (Å²) in [4.78, 5) is 8.64. The van der Waals surface area contributed by atoms with Crippen LogP contribution in [0.4, 0.5) is 0 Å². The molecule has 0 spiro atoms. The van der Waals surface area contributed by atoms with Gasteiger partial charge in [-0.15, -0.1) is 0 Å². The fraction of sp³-hybridized carbons (Fsp3) is 0.0526. The van der Waals surface area contributed by atoms with Gasteiger partial charge >= 0.3 is 0 Å². The molecule has 1 heterocycles. The van der Waals surface area contributed by atoms with Crippen molar-refractivity contribution < 1.29 is 9.84 Å². The van der Waals surface area contributed by atoms with Gasteiger partial charge in [0.25, 0.3) is 0 Å². The Kier molecular flexibility index (Phi) is 3.47. The predicted octanol–water partition coefficient (Wildman–Crippen LogP) is 4.82. The summed E-state index contributed by atoms with van der Waals surface area (Å²) in [6.45, 7) is 0. The van der Waals surface area contributed by atoms with Gasteiger partial charge in [-0.25, -0.2) is 9.97 Å². The molecule has 0 radical (unpaired) electrons. The highest BCUT2D eigenvalue weighted by Gasteiger charge is 2.16. The van der Waals surface area contributed by atoms with E-state index in [-0.39, 0.29) is 11.0 Å². The molecule has 24 heavy (non-hydrogen) atoms. The zero-order valence-electron chi connectivity index (χ0n) is 12.8. The average Bonchev–Trinajstić information content (AvgIpc) is 2.60. The monoisotopic (exact) mass is 336 g/mol. The van der Waals surface area contributed by atoms with Crippen LogP contribution in [0.5, 0.6) is 11.5 Å². The van der Waals surface area contributed by atoms with E-state index in [1.165, 1.54) is 0 Å². The molecule has 5 heteroatoms. The van der Waals surface area contributed by atoms with Crippen LogP contribution in [0.3, 0.4) is 0 Å². The van der Waals surface area contributed by atoms with Crippen molar-refractivity contribution in [3.63, 3.8) is 0 Å². The standard InChI is InChI=1S/C19H13ClN2O2/c1-24-12-8-6-11-7-9-16(23)17(14(11)10-12)18-13-4-2-3-5-15(13)21-19(20)22-18/h2-10,23H,1H3. The first kappa shape index (κ1) is 14.7. The number of halogens is 1. The summed E-state index contributed by atoms with van der Waals surface area (Å²) in [6.07, 6.45) is 0. The van der Waals surface area contributed by atoms with Crippen LogP contribution in [0, 0.1) is 0 Å². The van der Waals surface area contributed by atoms with Crippen LogP contribution in [0.25, 0.3) is 32.9 Å². The van der Waals surface area contributed by atoms with Crippen molar-refractivity contribution >= 4 is 33.3 Å². The summed E-state index contributed by atoms with van der Waals surface area (Å²) in [5.41, 5.74) is 1.95. The second-order valence-electron chi connectivity index (χ2n) is 5.41. The number of ether oxygens (including phenoxy) is 1. The van der Waals surface area contributed by atoms with E-state index in [4.69, 9.17) is 16.3 Å². The van der Waals surface area contributed by atoms with E-state index < -0.39 is 0 Å². The van der Waals surface area contributed by atoms with Crippen molar-refractivity contribution in [1.29, 1.82) is 0 Å². The van der Waals surface area contributed by atoms with E-state index >= 15 is 0 Å². The SMILES string of the molecule is COc1ccc2ccc(O)c(-c3nc(Cl)nc4ccccc34)c2c1. The molecule has 0 amide bonds. The summed E-state index contributed by atoms with van der Waals surface area (Å²) in [7, 11) is 1.61. The fourth-order valence-corrected chi connectivity index (χ4v) is 3.08. The summed E-state index contributed by atoms with van der Waals surface area (Å²) < 4.78 is 5.32. The number of rotatable bonds is 2. The van der Waals surface area contributed by atoms with Crippen molar-refractivity contribution in [2.75, 3.05) is 7.11 Å². The summed E-state index contributed by atoms with van der Waals surface area (Å²) >= 11 is 6.11. The van der Waals surface area contributed by atoms with Gasteiger partial charge in [-0.05, 0) is 46.6 Å². The molecular formula is C19H13ClN2O2. The molecule has 0 aliphatic carbocycles. The molecule has 3 aromatic carbocycles. The summed E-state index contributed by atoms with van der Waals surface area (Å²) in [5.74, 6) is 0.842. The number of hydrogen-bond acceptors (Lipinski definition) is 4. The highest BCUT2D eigenvalue weighted by atomic mass is 35.5. The lowest BCUT2D eigenvalue weighted by atomic mass is 9.98. The molecule has 0 saturated heterocycles. The molecule has 4 nitrogen and oxygen atoms in total. The molecule has 0 aliphatic heterocycles. The number of phenolic OH excluding ortho intramolecular Hbond substituents is 1. The maximum Gasteiger partial charge on any atom is 0.223 e. The average molecular weight is 337 g/mol. The largest absolute Gasteiger partial charge is 0.507 e. The van der Waals surface area contributed by atoms with Crippen molar-refractivity contribution in [2.24, 2.45) is 0 Å². The molecule has 0 fully saturated rings. The first-order chi connectivity index (χ1) is 11.7. The van der Waals surface area contributed by atoms with Gasteiger partial charge < -0.3 is 9.84 Å². The second-order valence-corrected chi connectivity index (χ2v) is 5.74. The number of para-hydroxylation sites is 1. The molecule has 0 atom stereocenters. The van der Waals surface area contributed by atoms with Crippen LogP contribution < -0.4 is 4.74 Å². The van der Waals surface area contributed by atoms with Gasteiger partial charge in [0.15, 0.2) is 0 Å². The third-order valence-electron chi connectivity index (χ3n) is 4.02. The molecule has 4 rings (SSSR count). The molecule has 4 aromatic rings. The lowest BCUT2D eigenvalue weighted by Crippen LogP contribution is -1.93. The van der Waals surface area contributed by atoms with Crippen LogP contribution >= 0.6 is 11.6 Å². The summed E-state index contributed by atoms with van der Waals surface area (Å²) in [5, 5.41) is 13.3. The number of aromatic hydroxyl groups is 1. The normalized spacial score (nSPS) is 11.1. The van der Waals surface area contributed by atoms with Gasteiger partial charge in [-0.2, -0.15) is 0 Å². The summed E-state index contributed by atoms with van der Waals surface area (Å²) in [6, 6.07) is 16.8. The first-order valence-electron chi connectivity index (χ1n) is 7.40. The molecule has 0 saturated carbocycles. The van der Waals surface area contributed by atoms with Gasteiger partial charge in [0.1, 0.15) is 11.5 Å². The quantitative estimate of drug-likeness (QED) is 0.533. The number of hydrogen-bond donors (Lipinski definition) is 1. The first-order valence-corrected chi connectivity index (χ1v) is 7.77. The number of aromatic nitrogens is 2. The van der Waals surface area contributed by atoms with Crippen LogP contribution in [0.1, 0.15) is 0 Å². The molecular weight excluding hydrogens is 324 g/mol. The topological polar surface area (TPSA) is 55.2 Å². The smallest absolute Gasteiger partial charge is 0.223 e. The van der Waals surface area contributed by atoms with Gasteiger partial charge in [-0.1, -0.05) is 30.3 Å². The third-order valence-corrected chi connectivity index (χ3v) is 4.19. The highest BCUT2D eigenvalue weighted by molar-refractivity contribution is 6.29. The highest BCUT2D eigenvalue weighted by Crippen LogP contribution is 2.40. The fourth-order valence-electron chi connectivity index (χ4n) is 2.90. The Hall–Kier alpha value is -2.85. The van der Waals surface area contributed by atoms with Gasteiger partial charge in [0.05, 0.1) is 23.9 Å². The minimum atomic E-state index is 0.135. The molecule has 1 aromatic heterocycles. The molecule has 0 bridgehead atoms. The second kappa shape index (κ2) is 5.65. The van der Waals surface area contributed by atoms with Crippen LogP contribution in [-0.4, -0.2) is 22.2 Å². The maximum atomic E-state index is 10.5. The zero-order valence-corrected chi connectivity index (χ0v) is 13.6. The van der Waals surface area contributed by atoms with E-state index in [0.29, 0.717) is 17.0 Å². The Balaban J connectivity index is 2.15. The van der Waals surface area contributed by atoms with Crippen LogP contribution in [0.15, 0.2) is 54.6 Å². The van der Waals surface area contributed by atoms with Crippen molar-refractivity contribution in [3.8, 4) is 22.8 Å². The number of benzene rings is 3. The molecule has 1 N–H and O–H groups in total. The minimum Gasteiger partial charge on any atom is -0.507 e. The van der Waals surface area contributed by atoms with E-state index in [9.17, 15) is 5.11 Å². The van der Waals surface area contributed by atoms with Crippen molar-refractivity contribution in [3.05, 3.63) is 59.9 Å². The Morgan fingerprint density at radius 3 is 2.58 bits per heavy atom. The Bertz CT molecular complexity index is 1080. The van der Waals surface area contributed by atoms with Crippen LogP contribution in [-0.2, 0) is 0 Å². The van der Waals surface area contributed by atoms with Gasteiger partial charge in [-0.3, -0.25) is 0 Å². The van der Waals surface area contributed by atoms with E-state index in [1.807, 2.05) is 48.5 Å². The third kappa shape index (κ3) is 2.32. The molecule has 0 unspecified atom stereocenters. The number of methoxy groups -OCH3 is 1. The van der Waals surface area contributed by atoms with Gasteiger partial charge in [0.2, 0.25) is 5.28 Å². The molecule has 118 valence electrons. The van der Waals surface area contributed by atoms with Crippen molar-refractivity contribution in [1.82, 2.24) is 9.97 Å². The van der Waals surface area contributed by atoms with Gasteiger partial charge in [0, 0.05) is 5.39 Å². The Labute approximate surface area is 143 Å². The number of phenols is 1. The van der Waals surface area contributed by atoms with Crippen LogP contribution in [0.2, 0.25) is 5.28 Å². The lowest BCUT2D eigenvalue weighted by molar-refractivity contribution is 0.415. The van der Waals surface area contributed by atoms with E-state index in [0.717, 1.165) is 21.7 Å². The predicted molar refractivity (Wildman–Crippen MR) is 95.7 cm³/mol. The van der Waals surface area contributed by atoms with Crippen molar-refractivity contribution in [2.45, 2.75) is 0 Å². The zero-order chi connectivity index (χ0) is 16.7. The Morgan fingerprint density at radius 1 is 0.958 bits per heavy atom. The van der Waals surface area contributed by atoms with E-state index in [2.05, 4.69) is 9.97 Å². The number of fused-ring (bicyclic) bond motifs is 2. The van der Waals surface area contributed by atoms with E-state index in [1.54, 1.807) is 13.2 Å². The molecule has 0 aliphatic rings. The lowest BCUT2D eigenvalue weighted by Gasteiger charge is -2.12.